The molecule has 1 aromatic rings. The highest BCUT2D eigenvalue weighted by Crippen LogP contribution is 2.24. The van der Waals surface area contributed by atoms with Crippen LogP contribution in [0.15, 0.2) is 12.3 Å². The summed E-state index contributed by atoms with van der Waals surface area (Å²) >= 11 is 0. The Hall–Kier alpha value is -1.89. The van der Waals surface area contributed by atoms with Gasteiger partial charge in [0.05, 0.1) is 0 Å². The lowest BCUT2D eigenvalue weighted by Crippen LogP contribution is -2.55. The zero-order valence-electron chi connectivity index (χ0n) is 15.2. The third-order valence-corrected chi connectivity index (χ3v) is 5.26. The number of piperidine rings is 1. The Morgan fingerprint density at radius 1 is 1.28 bits per heavy atom. The Kier molecular flexibility index (Phi) is 5.73. The average molecular weight is 348 g/mol. The highest BCUT2D eigenvalue weighted by atomic mass is 16.5. The predicted molar refractivity (Wildman–Crippen MR) is 93.2 cm³/mol. The number of rotatable bonds is 4. The highest BCUT2D eigenvalue weighted by Gasteiger charge is 2.34. The van der Waals surface area contributed by atoms with Gasteiger partial charge < -0.3 is 14.5 Å². The van der Waals surface area contributed by atoms with Crippen LogP contribution < -0.4 is 0 Å². The molecule has 3 heterocycles. The van der Waals surface area contributed by atoms with E-state index in [-0.39, 0.29) is 23.9 Å². The minimum Gasteiger partial charge on any atom is -0.381 e. The van der Waals surface area contributed by atoms with Crippen molar-refractivity contribution in [3.63, 3.8) is 0 Å². The molecule has 0 saturated carbocycles. The molecular formula is C18H28N4O3. The smallest absolute Gasteiger partial charge is 0.272 e. The fraction of sp³-hybridized carbons (Fsp3) is 0.722. The van der Waals surface area contributed by atoms with Gasteiger partial charge in [0.15, 0.2) is 0 Å². The normalized spacial score (nSPS) is 22.0. The number of aromatic nitrogens is 2. The molecule has 1 unspecified atom stereocenters. The Labute approximate surface area is 148 Å². The summed E-state index contributed by atoms with van der Waals surface area (Å²) in [6, 6.07) is 2.10. The van der Waals surface area contributed by atoms with E-state index < -0.39 is 0 Å². The van der Waals surface area contributed by atoms with Gasteiger partial charge in [0.2, 0.25) is 5.91 Å². The third-order valence-electron chi connectivity index (χ3n) is 5.26. The molecular weight excluding hydrogens is 320 g/mol. The number of likely N-dealkylation sites (tertiary alicyclic amines) is 1. The molecule has 3 rings (SSSR count). The first-order valence-corrected chi connectivity index (χ1v) is 9.29. The van der Waals surface area contributed by atoms with Crippen LogP contribution in [0, 0.1) is 0 Å². The molecule has 2 fully saturated rings. The number of hydrogen-bond donors (Lipinski definition) is 0. The predicted octanol–water partition coefficient (Wildman–Crippen LogP) is 1.54. The van der Waals surface area contributed by atoms with Gasteiger partial charge in [0, 0.05) is 58.1 Å². The lowest BCUT2D eigenvalue weighted by molar-refractivity contribution is -0.137. The van der Waals surface area contributed by atoms with Crippen LogP contribution in [0.25, 0.3) is 0 Å². The van der Waals surface area contributed by atoms with Crippen LogP contribution in [-0.2, 0) is 16.1 Å². The maximum atomic E-state index is 12.9. The SMILES string of the molecule is CCn1nccc1C(=O)N1CCCC(N(C(C)=O)C2CCOCC2)C1. The van der Waals surface area contributed by atoms with E-state index in [0.717, 1.165) is 32.2 Å². The van der Waals surface area contributed by atoms with Gasteiger partial charge in [-0.3, -0.25) is 14.3 Å². The second-order valence-corrected chi connectivity index (χ2v) is 6.85. The molecule has 25 heavy (non-hydrogen) atoms. The summed E-state index contributed by atoms with van der Waals surface area (Å²) in [5.74, 6) is 0.115. The minimum atomic E-state index is 0.0135. The Morgan fingerprint density at radius 2 is 2.04 bits per heavy atom. The van der Waals surface area contributed by atoms with E-state index in [1.165, 1.54) is 0 Å². The zero-order chi connectivity index (χ0) is 17.8. The molecule has 7 nitrogen and oxygen atoms in total. The van der Waals surface area contributed by atoms with E-state index in [2.05, 4.69) is 5.10 Å². The molecule has 2 aliphatic rings. The van der Waals surface area contributed by atoms with Crippen LogP contribution in [0.4, 0.5) is 0 Å². The van der Waals surface area contributed by atoms with Gasteiger partial charge in [-0.2, -0.15) is 5.10 Å². The largest absolute Gasteiger partial charge is 0.381 e. The number of carbonyl (C=O) groups is 2. The number of aryl methyl sites for hydroxylation is 1. The van der Waals surface area contributed by atoms with Crippen LogP contribution in [-0.4, -0.2) is 69.8 Å². The van der Waals surface area contributed by atoms with E-state index in [1.54, 1.807) is 23.9 Å². The van der Waals surface area contributed by atoms with Crippen molar-refractivity contribution >= 4 is 11.8 Å². The zero-order valence-corrected chi connectivity index (χ0v) is 15.2. The second kappa shape index (κ2) is 7.99. The number of amides is 2. The van der Waals surface area contributed by atoms with E-state index in [4.69, 9.17) is 4.74 Å². The molecule has 0 aliphatic carbocycles. The van der Waals surface area contributed by atoms with Crippen LogP contribution in [0.5, 0.6) is 0 Å². The quantitative estimate of drug-likeness (QED) is 0.828. The van der Waals surface area contributed by atoms with Gasteiger partial charge in [-0.25, -0.2) is 0 Å². The molecule has 1 aromatic heterocycles. The standard InChI is InChI=1S/C18H28N4O3/c1-3-21-17(6-9-19-21)18(24)20-10-4-5-16(13-20)22(14(2)23)15-7-11-25-12-8-15/h6,9,15-16H,3-5,7-8,10-13H2,1-2H3. The third kappa shape index (κ3) is 3.86. The van der Waals surface area contributed by atoms with Gasteiger partial charge in [-0.15, -0.1) is 0 Å². The summed E-state index contributed by atoms with van der Waals surface area (Å²) in [5, 5.41) is 4.20. The minimum absolute atomic E-state index is 0.0135. The van der Waals surface area contributed by atoms with E-state index >= 15 is 0 Å². The van der Waals surface area contributed by atoms with Crippen LogP contribution in [0.3, 0.4) is 0 Å². The fourth-order valence-corrected chi connectivity index (χ4v) is 4.07. The van der Waals surface area contributed by atoms with Crippen LogP contribution in [0.2, 0.25) is 0 Å². The first-order chi connectivity index (χ1) is 12.1. The Balaban J connectivity index is 1.72. The number of hydrogen-bond acceptors (Lipinski definition) is 4. The van der Waals surface area contributed by atoms with Gasteiger partial charge in [-0.1, -0.05) is 0 Å². The number of nitrogens with zero attached hydrogens (tertiary/aromatic N) is 4. The summed E-state index contributed by atoms with van der Waals surface area (Å²) in [5.41, 5.74) is 0.628. The van der Waals surface area contributed by atoms with Crippen molar-refractivity contribution in [2.75, 3.05) is 26.3 Å². The number of ether oxygens (including phenoxy) is 1. The summed E-state index contributed by atoms with van der Waals surface area (Å²) in [6.45, 7) is 7.05. The van der Waals surface area contributed by atoms with Crippen molar-refractivity contribution < 1.29 is 14.3 Å². The van der Waals surface area contributed by atoms with E-state index in [9.17, 15) is 9.59 Å². The Morgan fingerprint density at radius 3 is 2.72 bits per heavy atom. The topological polar surface area (TPSA) is 67.7 Å². The highest BCUT2D eigenvalue weighted by molar-refractivity contribution is 5.92. The monoisotopic (exact) mass is 348 g/mol. The summed E-state index contributed by atoms with van der Waals surface area (Å²) in [4.78, 5) is 29.1. The fourth-order valence-electron chi connectivity index (χ4n) is 4.07. The number of carbonyl (C=O) groups excluding carboxylic acids is 2. The maximum absolute atomic E-state index is 12.9. The molecule has 138 valence electrons. The van der Waals surface area contributed by atoms with Crippen molar-refractivity contribution in [3.05, 3.63) is 18.0 Å². The molecule has 7 heteroatoms. The molecule has 2 amide bonds. The van der Waals surface area contributed by atoms with Gasteiger partial charge in [-0.05, 0) is 38.7 Å². The lowest BCUT2D eigenvalue weighted by Gasteiger charge is -2.43. The molecule has 0 aromatic carbocycles. The first-order valence-electron chi connectivity index (χ1n) is 9.29. The molecule has 2 saturated heterocycles. The molecule has 0 N–H and O–H groups in total. The summed E-state index contributed by atoms with van der Waals surface area (Å²) in [6.07, 6.45) is 5.30. The van der Waals surface area contributed by atoms with Gasteiger partial charge >= 0.3 is 0 Å². The van der Waals surface area contributed by atoms with Crippen molar-refractivity contribution in [2.45, 2.75) is 58.2 Å². The second-order valence-electron chi connectivity index (χ2n) is 6.85. The summed E-state index contributed by atoms with van der Waals surface area (Å²) in [7, 11) is 0. The lowest BCUT2D eigenvalue weighted by atomic mass is 9.98. The molecule has 0 bridgehead atoms. The first kappa shape index (κ1) is 17.9. The Bertz CT molecular complexity index is 609. The van der Waals surface area contributed by atoms with Gasteiger partial charge in [0.25, 0.3) is 5.91 Å². The van der Waals surface area contributed by atoms with E-state index in [1.807, 2.05) is 16.7 Å². The molecule has 1 atom stereocenters. The molecule has 0 spiro atoms. The van der Waals surface area contributed by atoms with E-state index in [0.29, 0.717) is 32.0 Å². The summed E-state index contributed by atoms with van der Waals surface area (Å²) < 4.78 is 7.17. The van der Waals surface area contributed by atoms with Crippen LogP contribution in [0.1, 0.15) is 50.0 Å². The maximum Gasteiger partial charge on any atom is 0.272 e. The van der Waals surface area contributed by atoms with Gasteiger partial charge in [0.1, 0.15) is 5.69 Å². The van der Waals surface area contributed by atoms with Crippen LogP contribution >= 0.6 is 0 Å². The average Bonchev–Trinajstić information content (AvgIpc) is 3.11. The van der Waals surface area contributed by atoms with Crippen molar-refractivity contribution in [3.8, 4) is 0 Å². The van der Waals surface area contributed by atoms with Crippen molar-refractivity contribution in [1.29, 1.82) is 0 Å². The molecule has 0 radical (unpaired) electrons. The molecule has 2 aliphatic heterocycles. The van der Waals surface area contributed by atoms with Crippen molar-refractivity contribution in [1.82, 2.24) is 19.6 Å². The van der Waals surface area contributed by atoms with Crippen molar-refractivity contribution in [2.24, 2.45) is 0 Å².